The van der Waals surface area contributed by atoms with Gasteiger partial charge in [-0.2, -0.15) is 0 Å². The molecule has 0 unspecified atom stereocenters. The van der Waals surface area contributed by atoms with E-state index < -0.39 is 18.1 Å². The Balaban J connectivity index is 1.68. The molecule has 0 radical (unpaired) electrons. The normalized spacial score (nSPS) is 17.1. The van der Waals surface area contributed by atoms with E-state index in [1.165, 1.54) is 7.11 Å². The Morgan fingerprint density at radius 2 is 1.78 bits per heavy atom. The maximum absolute atomic E-state index is 12.3. The molecule has 0 bridgehead atoms. The first-order chi connectivity index (χ1) is 13.1. The zero-order valence-electron chi connectivity index (χ0n) is 15.1. The highest BCUT2D eigenvalue weighted by atomic mass is 16.5. The van der Waals surface area contributed by atoms with Crippen LogP contribution >= 0.6 is 0 Å². The molecule has 2 amide bonds. The van der Waals surface area contributed by atoms with Crippen molar-refractivity contribution in [2.45, 2.75) is 31.3 Å². The molecular weight excluding hydrogens is 344 g/mol. The van der Waals surface area contributed by atoms with Crippen LogP contribution in [0.2, 0.25) is 0 Å². The lowest BCUT2D eigenvalue weighted by atomic mass is 10.0. The summed E-state index contributed by atoms with van der Waals surface area (Å²) >= 11 is 0. The van der Waals surface area contributed by atoms with Crippen molar-refractivity contribution in [1.29, 1.82) is 0 Å². The lowest BCUT2D eigenvalue weighted by Gasteiger charge is -2.19. The summed E-state index contributed by atoms with van der Waals surface area (Å²) in [6.45, 7) is 0. The maximum Gasteiger partial charge on any atom is 0.328 e. The smallest absolute Gasteiger partial charge is 0.328 e. The number of ether oxygens (including phenoxy) is 1. The molecule has 0 aliphatic carbocycles. The number of amides is 2. The van der Waals surface area contributed by atoms with Crippen molar-refractivity contribution in [3.05, 3.63) is 60.2 Å². The second-order valence-electron chi connectivity index (χ2n) is 6.51. The average molecular weight is 366 g/mol. The van der Waals surface area contributed by atoms with E-state index in [0.29, 0.717) is 19.3 Å². The third-order valence-corrected chi connectivity index (χ3v) is 4.61. The van der Waals surface area contributed by atoms with Gasteiger partial charge in [0.15, 0.2) is 0 Å². The third kappa shape index (κ3) is 4.73. The summed E-state index contributed by atoms with van der Waals surface area (Å²) in [7, 11) is 1.29. The molecular formula is C21H22N2O4. The Labute approximate surface area is 157 Å². The molecule has 1 aliphatic heterocycles. The number of carbonyl (C=O) groups excluding carboxylic acids is 3. The van der Waals surface area contributed by atoms with E-state index in [2.05, 4.69) is 10.6 Å². The highest BCUT2D eigenvalue weighted by Gasteiger charge is 2.30. The lowest BCUT2D eigenvalue weighted by Crippen LogP contribution is -2.49. The Hall–Kier alpha value is -3.15. The fraction of sp³-hybridized carbons (Fsp3) is 0.286. The van der Waals surface area contributed by atoms with Crippen LogP contribution < -0.4 is 10.6 Å². The summed E-state index contributed by atoms with van der Waals surface area (Å²) in [5, 5.41) is 5.30. The van der Waals surface area contributed by atoms with Gasteiger partial charge in [-0.05, 0) is 23.1 Å². The summed E-state index contributed by atoms with van der Waals surface area (Å²) in [6.07, 6.45) is 1.07. The van der Waals surface area contributed by atoms with Gasteiger partial charge in [-0.1, -0.05) is 54.6 Å². The van der Waals surface area contributed by atoms with Crippen molar-refractivity contribution in [3.8, 4) is 11.1 Å². The van der Waals surface area contributed by atoms with Gasteiger partial charge in [0.2, 0.25) is 11.8 Å². The standard InChI is InChI=1S/C21H22N2O4/c1-27-21(26)18(23-20(25)17-11-12-19(24)22-17)13-14-7-9-16(10-8-14)15-5-3-2-4-6-15/h2-10,17-18H,11-13H2,1H3,(H,22,24)(H,23,25)/t17-,18-/m0/s1. The van der Waals surface area contributed by atoms with Crippen molar-refractivity contribution in [2.75, 3.05) is 7.11 Å². The van der Waals surface area contributed by atoms with Crippen LogP contribution in [0, 0.1) is 0 Å². The minimum atomic E-state index is -0.803. The van der Waals surface area contributed by atoms with Gasteiger partial charge in [-0.15, -0.1) is 0 Å². The first-order valence-corrected chi connectivity index (χ1v) is 8.89. The summed E-state index contributed by atoms with van der Waals surface area (Å²) < 4.78 is 4.82. The van der Waals surface area contributed by atoms with Crippen molar-refractivity contribution >= 4 is 17.8 Å². The summed E-state index contributed by atoms with van der Waals surface area (Å²) in [5.74, 6) is -1.03. The molecule has 2 N–H and O–H groups in total. The predicted molar refractivity (Wildman–Crippen MR) is 101 cm³/mol. The summed E-state index contributed by atoms with van der Waals surface area (Å²) in [4.78, 5) is 35.7. The molecule has 0 aromatic heterocycles. The Bertz CT molecular complexity index is 818. The number of nitrogens with one attached hydrogen (secondary N) is 2. The topological polar surface area (TPSA) is 84.5 Å². The SMILES string of the molecule is COC(=O)[C@H](Cc1ccc(-c2ccccc2)cc1)NC(=O)[C@@H]1CCC(=O)N1. The number of rotatable bonds is 6. The average Bonchev–Trinajstić information content (AvgIpc) is 3.14. The molecule has 2 atom stereocenters. The summed E-state index contributed by atoms with van der Waals surface area (Å²) in [5.41, 5.74) is 3.09. The number of hydrogen-bond acceptors (Lipinski definition) is 4. The Morgan fingerprint density at radius 3 is 2.37 bits per heavy atom. The molecule has 6 nitrogen and oxygen atoms in total. The molecule has 1 saturated heterocycles. The van der Waals surface area contributed by atoms with E-state index in [1.807, 2.05) is 54.6 Å². The Kier molecular flexibility index (Phi) is 5.86. The molecule has 6 heteroatoms. The number of benzene rings is 2. The van der Waals surface area contributed by atoms with Crippen LogP contribution in [0.3, 0.4) is 0 Å². The maximum atomic E-state index is 12.3. The van der Waals surface area contributed by atoms with Crippen LogP contribution in [-0.4, -0.2) is 37.0 Å². The third-order valence-electron chi connectivity index (χ3n) is 4.61. The fourth-order valence-corrected chi connectivity index (χ4v) is 3.12. The van der Waals surface area contributed by atoms with Gasteiger partial charge in [-0.3, -0.25) is 9.59 Å². The zero-order valence-corrected chi connectivity index (χ0v) is 15.1. The number of hydrogen-bond donors (Lipinski definition) is 2. The summed E-state index contributed by atoms with van der Waals surface area (Å²) in [6, 6.07) is 16.4. The van der Waals surface area contributed by atoms with Crippen molar-refractivity contribution in [1.82, 2.24) is 10.6 Å². The van der Waals surface area contributed by atoms with E-state index in [0.717, 1.165) is 16.7 Å². The van der Waals surface area contributed by atoms with Crippen molar-refractivity contribution < 1.29 is 19.1 Å². The molecule has 2 aromatic rings. The van der Waals surface area contributed by atoms with Gasteiger partial charge in [0.05, 0.1) is 7.11 Å². The minimum Gasteiger partial charge on any atom is -0.467 e. The molecule has 27 heavy (non-hydrogen) atoms. The molecule has 2 aromatic carbocycles. The molecule has 3 rings (SSSR count). The van der Waals surface area contributed by atoms with E-state index in [1.54, 1.807) is 0 Å². The highest BCUT2D eigenvalue weighted by Crippen LogP contribution is 2.20. The van der Waals surface area contributed by atoms with Crippen LogP contribution in [0.5, 0.6) is 0 Å². The van der Waals surface area contributed by atoms with Crippen molar-refractivity contribution in [3.63, 3.8) is 0 Å². The van der Waals surface area contributed by atoms with Crippen LogP contribution in [-0.2, 0) is 25.5 Å². The highest BCUT2D eigenvalue weighted by molar-refractivity contribution is 5.93. The van der Waals surface area contributed by atoms with Crippen LogP contribution in [0.15, 0.2) is 54.6 Å². The largest absolute Gasteiger partial charge is 0.467 e. The molecule has 140 valence electrons. The second-order valence-corrected chi connectivity index (χ2v) is 6.51. The first-order valence-electron chi connectivity index (χ1n) is 8.89. The van der Waals surface area contributed by atoms with Gasteiger partial charge < -0.3 is 15.4 Å². The van der Waals surface area contributed by atoms with Crippen LogP contribution in [0.4, 0.5) is 0 Å². The van der Waals surface area contributed by atoms with E-state index >= 15 is 0 Å². The first kappa shape index (κ1) is 18.6. The van der Waals surface area contributed by atoms with Gasteiger partial charge in [0.1, 0.15) is 12.1 Å². The van der Waals surface area contributed by atoms with E-state index in [9.17, 15) is 14.4 Å². The van der Waals surface area contributed by atoms with Gasteiger partial charge in [0.25, 0.3) is 0 Å². The molecule has 1 aliphatic rings. The fourth-order valence-electron chi connectivity index (χ4n) is 3.12. The van der Waals surface area contributed by atoms with Gasteiger partial charge in [-0.25, -0.2) is 4.79 Å². The predicted octanol–water partition coefficient (Wildman–Crippen LogP) is 1.83. The number of carbonyl (C=O) groups is 3. The molecule has 1 heterocycles. The van der Waals surface area contributed by atoms with Crippen LogP contribution in [0.25, 0.3) is 11.1 Å². The zero-order chi connectivity index (χ0) is 19.2. The monoisotopic (exact) mass is 366 g/mol. The van der Waals surface area contributed by atoms with Gasteiger partial charge in [0, 0.05) is 12.8 Å². The van der Waals surface area contributed by atoms with Crippen LogP contribution in [0.1, 0.15) is 18.4 Å². The van der Waals surface area contributed by atoms with E-state index in [4.69, 9.17) is 4.74 Å². The molecule has 0 spiro atoms. The minimum absolute atomic E-state index is 0.152. The second kappa shape index (κ2) is 8.49. The molecule has 1 fully saturated rings. The van der Waals surface area contributed by atoms with E-state index in [-0.39, 0.29) is 11.8 Å². The lowest BCUT2D eigenvalue weighted by molar-refractivity contribution is -0.145. The number of esters is 1. The molecule has 0 saturated carbocycles. The number of methoxy groups -OCH3 is 1. The van der Waals surface area contributed by atoms with Gasteiger partial charge >= 0.3 is 5.97 Å². The quantitative estimate of drug-likeness (QED) is 0.764. The van der Waals surface area contributed by atoms with Crippen molar-refractivity contribution in [2.24, 2.45) is 0 Å². The Morgan fingerprint density at radius 1 is 1.11 bits per heavy atom.